The Kier molecular flexibility index (Phi) is 9.86. The summed E-state index contributed by atoms with van der Waals surface area (Å²) in [6.07, 6.45) is 2.16. The van der Waals surface area contributed by atoms with Crippen LogP contribution in [0.3, 0.4) is 0 Å². The molecule has 1 aliphatic rings. The van der Waals surface area contributed by atoms with Crippen molar-refractivity contribution in [1.29, 1.82) is 0 Å². The Morgan fingerprint density at radius 3 is 2.55 bits per heavy atom. The normalized spacial score (nSPS) is 12.7. The van der Waals surface area contributed by atoms with Gasteiger partial charge >= 0.3 is 12.6 Å². The molecule has 2 aromatic carbocycles. The van der Waals surface area contributed by atoms with Gasteiger partial charge in [-0.15, -0.1) is 0 Å². The van der Waals surface area contributed by atoms with Crippen molar-refractivity contribution in [3.05, 3.63) is 94.8 Å². The largest absolute Gasteiger partial charge is 0.487 e. The summed E-state index contributed by atoms with van der Waals surface area (Å²) in [4.78, 5) is 30.6. The van der Waals surface area contributed by atoms with Gasteiger partial charge in [0, 0.05) is 23.7 Å². The molecule has 0 N–H and O–H groups in total. The van der Waals surface area contributed by atoms with Crippen LogP contribution in [0.5, 0.6) is 17.4 Å². The van der Waals surface area contributed by atoms with E-state index in [-0.39, 0.29) is 55.2 Å². The van der Waals surface area contributed by atoms with Crippen LogP contribution in [-0.2, 0) is 29.2 Å². The molecule has 0 bridgehead atoms. The fourth-order valence-corrected chi connectivity index (χ4v) is 4.87. The molecule has 1 saturated carbocycles. The number of hydrogen-bond donors (Lipinski definition) is 0. The lowest BCUT2D eigenvalue weighted by Gasteiger charge is -2.17. The first kappa shape index (κ1) is 30.7. The molecule has 230 valence electrons. The SMILES string of the molecule is CCOC(=O)c1c(Cc2cccc(OC)n2)c(-c2ccc(OC(F)F)c(OC3CC3)c2)n(COCc2ccccc2)c1C=O. The Morgan fingerprint density at radius 1 is 1.07 bits per heavy atom. The van der Waals surface area contributed by atoms with E-state index >= 15 is 0 Å². The number of benzene rings is 2. The van der Waals surface area contributed by atoms with Crippen LogP contribution in [0.2, 0.25) is 0 Å². The van der Waals surface area contributed by atoms with Crippen LogP contribution in [0.4, 0.5) is 8.78 Å². The van der Waals surface area contributed by atoms with Crippen LogP contribution < -0.4 is 14.2 Å². The van der Waals surface area contributed by atoms with Crippen molar-refractivity contribution in [3.63, 3.8) is 0 Å². The van der Waals surface area contributed by atoms with Gasteiger partial charge in [0.15, 0.2) is 17.8 Å². The van der Waals surface area contributed by atoms with E-state index in [0.717, 1.165) is 18.4 Å². The molecule has 5 rings (SSSR count). The first-order valence-corrected chi connectivity index (χ1v) is 14.2. The number of aldehydes is 1. The number of pyridine rings is 1. The summed E-state index contributed by atoms with van der Waals surface area (Å²) in [5.74, 6) is -0.315. The third kappa shape index (κ3) is 7.23. The molecular formula is C33H32F2N2O7. The van der Waals surface area contributed by atoms with Gasteiger partial charge in [0.05, 0.1) is 43.4 Å². The second-order valence-corrected chi connectivity index (χ2v) is 10.0. The topological polar surface area (TPSA) is 98.1 Å². The molecule has 0 unspecified atom stereocenters. The zero-order valence-electron chi connectivity index (χ0n) is 24.3. The minimum Gasteiger partial charge on any atom is -0.487 e. The maximum atomic E-state index is 13.4. The summed E-state index contributed by atoms with van der Waals surface area (Å²) >= 11 is 0. The van der Waals surface area contributed by atoms with E-state index in [2.05, 4.69) is 4.98 Å². The molecule has 0 saturated heterocycles. The van der Waals surface area contributed by atoms with E-state index in [1.165, 1.54) is 13.2 Å². The minimum absolute atomic E-state index is 0.0435. The van der Waals surface area contributed by atoms with Crippen LogP contribution in [0.15, 0.2) is 66.7 Å². The predicted octanol–water partition coefficient (Wildman–Crippen LogP) is 6.46. The second-order valence-electron chi connectivity index (χ2n) is 10.0. The van der Waals surface area contributed by atoms with Crippen LogP contribution >= 0.6 is 0 Å². The third-order valence-corrected chi connectivity index (χ3v) is 6.93. The van der Waals surface area contributed by atoms with Gasteiger partial charge in [0.2, 0.25) is 5.88 Å². The first-order valence-electron chi connectivity index (χ1n) is 14.2. The van der Waals surface area contributed by atoms with Crippen molar-refractivity contribution in [3.8, 4) is 28.6 Å². The van der Waals surface area contributed by atoms with E-state index in [4.69, 9.17) is 23.7 Å². The number of ether oxygens (including phenoxy) is 5. The Labute approximate surface area is 253 Å². The van der Waals surface area contributed by atoms with Gasteiger partial charge in [-0.25, -0.2) is 9.78 Å². The molecule has 11 heteroatoms. The lowest BCUT2D eigenvalue weighted by Crippen LogP contribution is -2.12. The van der Waals surface area contributed by atoms with Gasteiger partial charge in [-0.3, -0.25) is 4.79 Å². The van der Waals surface area contributed by atoms with Crippen LogP contribution in [0.25, 0.3) is 11.3 Å². The van der Waals surface area contributed by atoms with Crippen LogP contribution in [0, 0.1) is 0 Å². The van der Waals surface area contributed by atoms with E-state index < -0.39 is 12.6 Å². The maximum absolute atomic E-state index is 13.4. The van der Waals surface area contributed by atoms with Crippen molar-refractivity contribution in [2.24, 2.45) is 0 Å². The van der Waals surface area contributed by atoms with Gasteiger partial charge in [0.25, 0.3) is 0 Å². The van der Waals surface area contributed by atoms with Crippen molar-refractivity contribution in [2.45, 2.75) is 52.2 Å². The van der Waals surface area contributed by atoms with Crippen molar-refractivity contribution in [2.75, 3.05) is 13.7 Å². The maximum Gasteiger partial charge on any atom is 0.387 e. The number of nitrogens with zero attached hydrogens (tertiary/aromatic N) is 2. The van der Waals surface area contributed by atoms with Gasteiger partial charge in [0.1, 0.15) is 6.73 Å². The van der Waals surface area contributed by atoms with Gasteiger partial charge in [-0.1, -0.05) is 36.4 Å². The average Bonchev–Trinajstić information content (AvgIpc) is 3.79. The fourth-order valence-electron chi connectivity index (χ4n) is 4.87. The van der Waals surface area contributed by atoms with Crippen LogP contribution in [0.1, 0.15) is 57.4 Å². The van der Waals surface area contributed by atoms with Crippen molar-refractivity contribution in [1.82, 2.24) is 9.55 Å². The lowest BCUT2D eigenvalue weighted by molar-refractivity contribution is -0.0516. The lowest BCUT2D eigenvalue weighted by atomic mass is 9.99. The second kappa shape index (κ2) is 14.1. The highest BCUT2D eigenvalue weighted by molar-refractivity contribution is 6.02. The Hall–Kier alpha value is -4.77. The number of carbonyl (C=O) groups excluding carboxylic acids is 2. The van der Waals surface area contributed by atoms with Crippen molar-refractivity contribution < 1.29 is 42.1 Å². The first-order chi connectivity index (χ1) is 21.4. The highest BCUT2D eigenvalue weighted by Crippen LogP contribution is 2.41. The zero-order valence-corrected chi connectivity index (χ0v) is 24.3. The van der Waals surface area contributed by atoms with Crippen LogP contribution in [-0.4, -0.2) is 48.2 Å². The van der Waals surface area contributed by atoms with E-state index in [0.29, 0.717) is 34.7 Å². The number of hydrogen-bond acceptors (Lipinski definition) is 8. The molecule has 0 aliphatic heterocycles. The molecule has 0 amide bonds. The number of alkyl halides is 2. The molecule has 44 heavy (non-hydrogen) atoms. The number of rotatable bonds is 15. The van der Waals surface area contributed by atoms with Gasteiger partial charge in [-0.05, 0) is 55.2 Å². The predicted molar refractivity (Wildman–Crippen MR) is 156 cm³/mol. The smallest absolute Gasteiger partial charge is 0.387 e. The zero-order chi connectivity index (χ0) is 31.1. The molecule has 0 spiro atoms. The van der Waals surface area contributed by atoms with Gasteiger partial charge < -0.3 is 28.3 Å². The summed E-state index contributed by atoms with van der Waals surface area (Å²) < 4.78 is 55.5. The molecule has 0 atom stereocenters. The fraction of sp³-hybridized carbons (Fsp3) is 0.303. The van der Waals surface area contributed by atoms with Gasteiger partial charge in [-0.2, -0.15) is 8.78 Å². The number of aromatic nitrogens is 2. The minimum atomic E-state index is -3.05. The quantitative estimate of drug-likeness (QED) is 0.112. The number of esters is 1. The Balaban J connectivity index is 1.68. The van der Waals surface area contributed by atoms with E-state index in [1.54, 1.807) is 41.8 Å². The highest BCUT2D eigenvalue weighted by Gasteiger charge is 2.31. The molecule has 4 aromatic rings. The number of carbonyl (C=O) groups is 2. The van der Waals surface area contributed by atoms with Crippen molar-refractivity contribution >= 4 is 12.3 Å². The molecule has 0 radical (unpaired) electrons. The van der Waals surface area contributed by atoms with E-state index in [9.17, 15) is 18.4 Å². The third-order valence-electron chi connectivity index (χ3n) is 6.93. The monoisotopic (exact) mass is 606 g/mol. The summed E-state index contributed by atoms with van der Waals surface area (Å²) in [5.41, 5.74) is 2.94. The molecule has 9 nitrogen and oxygen atoms in total. The standard InChI is InChI=1S/C33H32F2N2O7/c1-3-42-32(39)30-25(17-23-10-7-11-29(36-23)40-2)31(37(26(30)18-38)20-41-19-21-8-5-4-6-9-21)22-12-15-27(44-33(34)35)28(16-22)43-24-13-14-24/h4-12,15-16,18,24,33H,3,13-14,17,19-20H2,1-2H3. The molecular weight excluding hydrogens is 574 g/mol. The molecule has 2 aromatic heterocycles. The number of methoxy groups -OCH3 is 1. The van der Waals surface area contributed by atoms with E-state index in [1.807, 2.05) is 30.3 Å². The average molecular weight is 607 g/mol. The number of halogens is 2. The summed E-state index contributed by atoms with van der Waals surface area (Å²) in [6.45, 7) is -1.17. The summed E-state index contributed by atoms with van der Waals surface area (Å²) in [7, 11) is 1.50. The Morgan fingerprint density at radius 2 is 1.86 bits per heavy atom. The Bertz CT molecular complexity index is 1600. The molecule has 2 heterocycles. The summed E-state index contributed by atoms with van der Waals surface area (Å²) in [5, 5.41) is 0. The molecule has 1 aliphatic carbocycles. The summed E-state index contributed by atoms with van der Waals surface area (Å²) in [6, 6.07) is 19.3. The highest BCUT2D eigenvalue weighted by atomic mass is 19.3. The molecule has 1 fully saturated rings.